The molecule has 0 saturated carbocycles. The molecule has 2 N–H and O–H groups in total. The highest BCUT2D eigenvalue weighted by atomic mass is 127. The molecule has 7 heteroatoms. The molecule has 0 fully saturated rings. The summed E-state index contributed by atoms with van der Waals surface area (Å²) in [6.07, 6.45) is 1.79. The summed E-state index contributed by atoms with van der Waals surface area (Å²) >= 11 is 0. The second-order valence-corrected chi connectivity index (χ2v) is 7.19. The van der Waals surface area contributed by atoms with Crippen molar-refractivity contribution in [2.24, 2.45) is 4.99 Å². The van der Waals surface area contributed by atoms with Crippen LogP contribution in [0.2, 0.25) is 0 Å². The van der Waals surface area contributed by atoms with E-state index in [0.717, 1.165) is 17.1 Å². The van der Waals surface area contributed by atoms with Gasteiger partial charge in [0.05, 0.1) is 19.3 Å². The van der Waals surface area contributed by atoms with Gasteiger partial charge in [0, 0.05) is 24.6 Å². The first-order chi connectivity index (χ1) is 12.3. The Morgan fingerprint density at radius 2 is 1.93 bits per heavy atom. The zero-order valence-electron chi connectivity index (χ0n) is 17.0. The van der Waals surface area contributed by atoms with Gasteiger partial charge >= 0.3 is 0 Å². The molecule has 0 atom stereocenters. The van der Waals surface area contributed by atoms with Crippen molar-refractivity contribution in [2.45, 2.75) is 53.1 Å². The van der Waals surface area contributed by atoms with Crippen LogP contribution in [-0.4, -0.2) is 24.6 Å². The van der Waals surface area contributed by atoms with Crippen LogP contribution >= 0.6 is 24.0 Å². The Morgan fingerprint density at radius 3 is 2.52 bits per heavy atom. The molecule has 0 bridgehead atoms. The topological polar surface area (TPSA) is 71.7 Å². The van der Waals surface area contributed by atoms with Crippen molar-refractivity contribution in [1.29, 1.82) is 0 Å². The summed E-state index contributed by atoms with van der Waals surface area (Å²) in [5.74, 6) is 3.10. The Bertz CT molecular complexity index is 751. The number of aromatic nitrogens is 1. The van der Waals surface area contributed by atoms with Gasteiger partial charge in [-0.3, -0.25) is 4.99 Å². The Kier molecular flexibility index (Phi) is 9.08. The van der Waals surface area contributed by atoms with Gasteiger partial charge in [-0.15, -0.1) is 24.0 Å². The second kappa shape index (κ2) is 10.5. The number of ether oxygens (including phenoxy) is 1. The van der Waals surface area contributed by atoms with Gasteiger partial charge in [0.15, 0.2) is 5.96 Å². The van der Waals surface area contributed by atoms with E-state index in [4.69, 9.17) is 9.15 Å². The number of hydrogen-bond donors (Lipinski definition) is 2. The first kappa shape index (κ1) is 23.3. The Balaban J connectivity index is 0.00000364. The van der Waals surface area contributed by atoms with Crippen LogP contribution in [-0.2, 0) is 18.5 Å². The number of oxazole rings is 1. The van der Waals surface area contributed by atoms with Gasteiger partial charge in [-0.05, 0) is 25.5 Å². The fourth-order valence-electron chi connectivity index (χ4n) is 2.40. The quantitative estimate of drug-likeness (QED) is 0.365. The standard InChI is InChI=1S/C20H30N4O2.HI/c1-7-25-16-10-14(2)8-9-15(16)11-23-19(21-6)24-13-18-22-12-17(26-18)20(3,4)5;/h8-10,12H,7,11,13H2,1-6H3,(H2,21,23,24);1H. The van der Waals surface area contributed by atoms with Gasteiger partial charge in [0.1, 0.15) is 11.5 Å². The van der Waals surface area contributed by atoms with Crippen molar-refractivity contribution in [3.8, 4) is 5.75 Å². The van der Waals surface area contributed by atoms with Crippen molar-refractivity contribution in [3.63, 3.8) is 0 Å². The number of aliphatic imine (C=N–C) groups is 1. The number of guanidine groups is 1. The fourth-order valence-corrected chi connectivity index (χ4v) is 2.40. The number of halogens is 1. The van der Waals surface area contributed by atoms with Crippen LogP contribution in [0.5, 0.6) is 5.75 Å². The SMILES string of the molecule is CCOc1cc(C)ccc1CNC(=NC)NCc1ncc(C(C)(C)C)o1.I. The van der Waals surface area contributed by atoms with Crippen molar-refractivity contribution in [1.82, 2.24) is 15.6 Å². The number of benzene rings is 1. The Hall–Kier alpha value is -1.77. The summed E-state index contributed by atoms with van der Waals surface area (Å²) < 4.78 is 11.5. The van der Waals surface area contributed by atoms with E-state index < -0.39 is 0 Å². The molecule has 0 aliphatic rings. The molecule has 2 rings (SSSR count). The smallest absolute Gasteiger partial charge is 0.213 e. The normalized spacial score (nSPS) is 11.7. The van der Waals surface area contributed by atoms with E-state index in [-0.39, 0.29) is 29.4 Å². The highest BCUT2D eigenvalue weighted by Gasteiger charge is 2.19. The monoisotopic (exact) mass is 486 g/mol. The molecule has 150 valence electrons. The van der Waals surface area contributed by atoms with Crippen LogP contribution in [0.15, 0.2) is 33.8 Å². The number of rotatable bonds is 6. The lowest BCUT2D eigenvalue weighted by Crippen LogP contribution is -2.36. The van der Waals surface area contributed by atoms with E-state index in [9.17, 15) is 0 Å². The lowest BCUT2D eigenvalue weighted by molar-refractivity contribution is 0.336. The summed E-state index contributed by atoms with van der Waals surface area (Å²) in [5.41, 5.74) is 2.22. The first-order valence-electron chi connectivity index (χ1n) is 8.95. The summed E-state index contributed by atoms with van der Waals surface area (Å²) in [4.78, 5) is 8.57. The zero-order chi connectivity index (χ0) is 19.2. The zero-order valence-corrected chi connectivity index (χ0v) is 19.4. The summed E-state index contributed by atoms with van der Waals surface area (Å²) in [6.45, 7) is 12.1. The van der Waals surface area contributed by atoms with Crippen molar-refractivity contribution >= 4 is 29.9 Å². The van der Waals surface area contributed by atoms with Gasteiger partial charge in [-0.25, -0.2) is 4.98 Å². The van der Waals surface area contributed by atoms with Crippen LogP contribution in [0.25, 0.3) is 0 Å². The van der Waals surface area contributed by atoms with Crippen LogP contribution in [0.1, 0.15) is 50.5 Å². The average molecular weight is 486 g/mol. The summed E-state index contributed by atoms with van der Waals surface area (Å²) in [5, 5.41) is 6.53. The van der Waals surface area contributed by atoms with Gasteiger partial charge in [0.25, 0.3) is 0 Å². The largest absolute Gasteiger partial charge is 0.494 e. The molecule has 1 heterocycles. The van der Waals surface area contributed by atoms with Crippen LogP contribution in [0, 0.1) is 6.92 Å². The van der Waals surface area contributed by atoms with Crippen molar-refractivity contribution in [2.75, 3.05) is 13.7 Å². The molecule has 0 aliphatic heterocycles. The third-order valence-electron chi connectivity index (χ3n) is 3.89. The van der Waals surface area contributed by atoms with E-state index in [2.05, 4.69) is 66.5 Å². The molecular weight excluding hydrogens is 455 g/mol. The third kappa shape index (κ3) is 7.04. The summed E-state index contributed by atoms with van der Waals surface area (Å²) in [6, 6.07) is 6.21. The third-order valence-corrected chi connectivity index (χ3v) is 3.89. The Morgan fingerprint density at radius 1 is 1.22 bits per heavy atom. The van der Waals surface area contributed by atoms with Gasteiger partial charge in [0.2, 0.25) is 5.89 Å². The van der Waals surface area contributed by atoms with E-state index in [1.165, 1.54) is 5.56 Å². The molecule has 1 aromatic heterocycles. The molecule has 1 aromatic carbocycles. The molecule has 0 aliphatic carbocycles. The highest BCUT2D eigenvalue weighted by molar-refractivity contribution is 14.0. The maximum absolute atomic E-state index is 5.79. The van der Waals surface area contributed by atoms with Gasteiger partial charge in [-0.1, -0.05) is 32.9 Å². The van der Waals surface area contributed by atoms with E-state index in [0.29, 0.717) is 31.5 Å². The second-order valence-electron chi connectivity index (χ2n) is 7.19. The molecule has 2 aromatic rings. The van der Waals surface area contributed by atoms with E-state index >= 15 is 0 Å². The molecular formula is C20H31IN4O2. The van der Waals surface area contributed by atoms with Gasteiger partial charge < -0.3 is 19.8 Å². The maximum Gasteiger partial charge on any atom is 0.213 e. The number of aryl methyl sites for hydroxylation is 1. The molecule has 0 radical (unpaired) electrons. The minimum Gasteiger partial charge on any atom is -0.494 e. The molecule has 0 amide bonds. The van der Waals surface area contributed by atoms with Crippen molar-refractivity contribution < 1.29 is 9.15 Å². The van der Waals surface area contributed by atoms with Crippen LogP contribution in [0.4, 0.5) is 0 Å². The maximum atomic E-state index is 5.79. The fraction of sp³-hybridized carbons (Fsp3) is 0.500. The molecule has 0 saturated heterocycles. The molecule has 27 heavy (non-hydrogen) atoms. The predicted molar refractivity (Wildman–Crippen MR) is 120 cm³/mol. The lowest BCUT2D eigenvalue weighted by atomic mass is 9.94. The minimum absolute atomic E-state index is 0. The number of hydrogen-bond acceptors (Lipinski definition) is 4. The van der Waals surface area contributed by atoms with Crippen LogP contribution < -0.4 is 15.4 Å². The van der Waals surface area contributed by atoms with E-state index in [1.54, 1.807) is 13.2 Å². The highest BCUT2D eigenvalue weighted by Crippen LogP contribution is 2.22. The minimum atomic E-state index is -0.0493. The summed E-state index contributed by atoms with van der Waals surface area (Å²) in [7, 11) is 1.74. The van der Waals surface area contributed by atoms with E-state index in [1.807, 2.05) is 6.92 Å². The van der Waals surface area contributed by atoms with Gasteiger partial charge in [-0.2, -0.15) is 0 Å². The number of nitrogens with one attached hydrogen (secondary N) is 2. The Labute approximate surface area is 179 Å². The van der Waals surface area contributed by atoms with Crippen LogP contribution in [0.3, 0.4) is 0 Å². The number of nitrogens with zero attached hydrogens (tertiary/aromatic N) is 2. The molecule has 6 nitrogen and oxygen atoms in total. The molecule has 0 spiro atoms. The predicted octanol–water partition coefficient (Wildman–Crippen LogP) is 4.16. The average Bonchev–Trinajstić information content (AvgIpc) is 3.06. The van der Waals surface area contributed by atoms with Crippen molar-refractivity contribution in [3.05, 3.63) is 47.2 Å². The first-order valence-corrected chi connectivity index (χ1v) is 8.95. The lowest BCUT2D eigenvalue weighted by Gasteiger charge is -2.15. The molecule has 0 unspecified atom stereocenters.